The van der Waals surface area contributed by atoms with Crippen LogP contribution in [0.4, 0.5) is 0 Å². The third-order valence-corrected chi connectivity index (χ3v) is 1.13. The Hall–Kier alpha value is -0.510. The van der Waals surface area contributed by atoms with E-state index >= 15 is 0 Å². The van der Waals surface area contributed by atoms with Gasteiger partial charge in [-0.3, -0.25) is 0 Å². The minimum Gasteiger partial charge on any atom is -0.340 e. The Morgan fingerprint density at radius 2 is 2.44 bits per heavy atom. The molecule has 0 aliphatic rings. The van der Waals surface area contributed by atoms with E-state index in [1.54, 1.807) is 6.92 Å². The van der Waals surface area contributed by atoms with Gasteiger partial charge in [0.15, 0.2) is 5.82 Å². The lowest BCUT2D eigenvalue weighted by atomic mass is 10.5. The molecule has 0 unspecified atom stereocenters. The van der Waals surface area contributed by atoms with Crippen molar-refractivity contribution in [1.29, 1.82) is 0 Å². The highest BCUT2D eigenvalue weighted by Gasteiger charge is 1.98. The number of aromatic nitrogens is 2. The molecule has 1 aromatic rings. The predicted molar refractivity (Wildman–Crippen MR) is 36.6 cm³/mol. The second-order valence-electron chi connectivity index (χ2n) is 1.70. The highest BCUT2D eigenvalue weighted by atomic mass is 32.1. The maximum atomic E-state index is 4.72. The molecule has 0 radical (unpaired) electrons. The van der Waals surface area contributed by atoms with Crippen LogP contribution >= 0.6 is 12.6 Å². The third-order valence-electron chi connectivity index (χ3n) is 0.905. The first-order valence-electron chi connectivity index (χ1n) is 2.73. The first-order chi connectivity index (χ1) is 4.33. The van der Waals surface area contributed by atoms with Crippen LogP contribution in [0.1, 0.15) is 11.7 Å². The molecular weight excluding hydrogens is 136 g/mol. The Bertz CT molecular complexity index is 187. The fraction of sp³-hybridized carbons (Fsp3) is 0.600. The predicted octanol–water partition coefficient (Wildman–Crippen LogP) is 0.850. The van der Waals surface area contributed by atoms with Gasteiger partial charge in [0.25, 0.3) is 0 Å². The Morgan fingerprint density at radius 1 is 1.67 bits per heavy atom. The molecule has 0 spiro atoms. The second-order valence-corrected chi connectivity index (χ2v) is 2.15. The maximum Gasteiger partial charge on any atom is 0.223 e. The highest BCUT2D eigenvalue weighted by molar-refractivity contribution is 7.80. The molecule has 0 atom stereocenters. The summed E-state index contributed by atoms with van der Waals surface area (Å²) in [6, 6.07) is 0. The summed E-state index contributed by atoms with van der Waals surface area (Å²) >= 11 is 4.02. The summed E-state index contributed by atoms with van der Waals surface area (Å²) in [7, 11) is 0. The zero-order valence-corrected chi connectivity index (χ0v) is 6.06. The molecule has 0 aliphatic carbocycles. The van der Waals surface area contributed by atoms with Crippen LogP contribution in [0.2, 0.25) is 0 Å². The zero-order valence-electron chi connectivity index (χ0n) is 5.16. The summed E-state index contributed by atoms with van der Waals surface area (Å²) in [5.41, 5.74) is 0. The zero-order chi connectivity index (χ0) is 6.69. The van der Waals surface area contributed by atoms with Gasteiger partial charge in [-0.1, -0.05) is 5.16 Å². The van der Waals surface area contributed by atoms with Crippen molar-refractivity contribution in [2.45, 2.75) is 13.3 Å². The van der Waals surface area contributed by atoms with Crippen LogP contribution in [0.5, 0.6) is 0 Å². The van der Waals surface area contributed by atoms with E-state index in [1.165, 1.54) is 0 Å². The SMILES string of the molecule is Cc1nc(CCS)no1. The summed E-state index contributed by atoms with van der Waals surface area (Å²) in [5.74, 6) is 2.12. The van der Waals surface area contributed by atoms with E-state index < -0.39 is 0 Å². The summed E-state index contributed by atoms with van der Waals surface area (Å²) in [6.07, 6.45) is 0.778. The first kappa shape index (κ1) is 6.61. The molecule has 1 rings (SSSR count). The molecule has 50 valence electrons. The Morgan fingerprint density at radius 3 is 2.89 bits per heavy atom. The number of thiol groups is 1. The summed E-state index contributed by atoms with van der Waals surface area (Å²) in [4.78, 5) is 3.97. The Balaban J connectivity index is 2.61. The van der Waals surface area contributed by atoms with Gasteiger partial charge >= 0.3 is 0 Å². The average molecular weight is 144 g/mol. The second kappa shape index (κ2) is 2.87. The minimum absolute atomic E-state index is 0.617. The van der Waals surface area contributed by atoms with Crippen molar-refractivity contribution in [3.63, 3.8) is 0 Å². The van der Waals surface area contributed by atoms with Crippen molar-refractivity contribution in [1.82, 2.24) is 10.1 Å². The fourth-order valence-electron chi connectivity index (χ4n) is 0.543. The molecule has 0 aromatic carbocycles. The van der Waals surface area contributed by atoms with Crippen LogP contribution in [-0.4, -0.2) is 15.9 Å². The van der Waals surface area contributed by atoms with E-state index in [0.29, 0.717) is 5.89 Å². The van der Waals surface area contributed by atoms with Gasteiger partial charge in [0.1, 0.15) is 0 Å². The van der Waals surface area contributed by atoms with Gasteiger partial charge in [-0.25, -0.2) is 0 Å². The Kier molecular flexibility index (Phi) is 2.10. The van der Waals surface area contributed by atoms with Crippen molar-refractivity contribution in [3.8, 4) is 0 Å². The smallest absolute Gasteiger partial charge is 0.223 e. The number of aryl methyl sites for hydroxylation is 2. The van der Waals surface area contributed by atoms with Crippen LogP contribution in [0.15, 0.2) is 4.52 Å². The lowest BCUT2D eigenvalue weighted by Gasteiger charge is -1.81. The van der Waals surface area contributed by atoms with Crippen molar-refractivity contribution in [2.75, 3.05) is 5.75 Å². The Labute approximate surface area is 58.9 Å². The van der Waals surface area contributed by atoms with Gasteiger partial charge in [0, 0.05) is 13.3 Å². The largest absolute Gasteiger partial charge is 0.340 e. The molecule has 4 heteroatoms. The number of hydrogen-bond acceptors (Lipinski definition) is 4. The molecule has 0 amide bonds. The van der Waals surface area contributed by atoms with E-state index in [-0.39, 0.29) is 0 Å². The standard InChI is InChI=1S/C5H8N2OS/c1-4-6-5(2-3-9)7-8-4/h9H,2-3H2,1H3. The topological polar surface area (TPSA) is 38.9 Å². The van der Waals surface area contributed by atoms with Gasteiger partial charge in [-0.05, 0) is 5.75 Å². The number of nitrogens with zero attached hydrogens (tertiary/aromatic N) is 2. The highest BCUT2D eigenvalue weighted by Crippen LogP contribution is 1.95. The van der Waals surface area contributed by atoms with Gasteiger partial charge in [0.2, 0.25) is 5.89 Å². The number of hydrogen-bond donors (Lipinski definition) is 1. The van der Waals surface area contributed by atoms with Gasteiger partial charge in [0.05, 0.1) is 0 Å². The van der Waals surface area contributed by atoms with E-state index in [9.17, 15) is 0 Å². The molecule has 0 bridgehead atoms. The lowest BCUT2D eigenvalue weighted by molar-refractivity contribution is 0.388. The monoisotopic (exact) mass is 144 g/mol. The van der Waals surface area contributed by atoms with Gasteiger partial charge in [-0.15, -0.1) is 0 Å². The van der Waals surface area contributed by atoms with E-state index in [4.69, 9.17) is 4.52 Å². The van der Waals surface area contributed by atoms with Crippen molar-refractivity contribution >= 4 is 12.6 Å². The molecule has 0 aliphatic heterocycles. The van der Waals surface area contributed by atoms with Crippen LogP contribution in [0, 0.1) is 6.92 Å². The van der Waals surface area contributed by atoms with Crippen LogP contribution < -0.4 is 0 Å². The minimum atomic E-state index is 0.617. The normalized spacial score (nSPS) is 10.0. The summed E-state index contributed by atoms with van der Waals surface area (Å²) in [6.45, 7) is 1.77. The van der Waals surface area contributed by atoms with Crippen molar-refractivity contribution in [2.24, 2.45) is 0 Å². The third kappa shape index (κ3) is 1.71. The quantitative estimate of drug-likeness (QED) is 0.625. The molecule has 9 heavy (non-hydrogen) atoms. The van der Waals surface area contributed by atoms with Crippen molar-refractivity contribution in [3.05, 3.63) is 11.7 Å². The molecule has 0 fully saturated rings. The molecule has 0 N–H and O–H groups in total. The molecule has 0 saturated carbocycles. The molecule has 1 heterocycles. The summed E-state index contributed by atoms with van der Waals surface area (Å²) in [5, 5.41) is 3.67. The summed E-state index contributed by atoms with van der Waals surface area (Å²) < 4.78 is 4.72. The van der Waals surface area contributed by atoms with E-state index in [1.807, 2.05) is 0 Å². The fourth-order valence-corrected chi connectivity index (χ4v) is 0.743. The van der Waals surface area contributed by atoms with Crippen LogP contribution in [0.25, 0.3) is 0 Å². The molecular formula is C5H8N2OS. The van der Waals surface area contributed by atoms with Crippen LogP contribution in [0.3, 0.4) is 0 Å². The average Bonchev–Trinajstić information content (AvgIpc) is 2.17. The van der Waals surface area contributed by atoms with Crippen LogP contribution in [-0.2, 0) is 6.42 Å². The molecule has 1 aromatic heterocycles. The number of rotatable bonds is 2. The lowest BCUT2D eigenvalue weighted by Crippen LogP contribution is -1.87. The van der Waals surface area contributed by atoms with E-state index in [0.717, 1.165) is 18.0 Å². The first-order valence-corrected chi connectivity index (χ1v) is 3.36. The van der Waals surface area contributed by atoms with Gasteiger partial charge in [-0.2, -0.15) is 17.6 Å². The van der Waals surface area contributed by atoms with E-state index in [2.05, 4.69) is 22.8 Å². The molecule has 3 nitrogen and oxygen atoms in total. The van der Waals surface area contributed by atoms with Crippen molar-refractivity contribution < 1.29 is 4.52 Å². The van der Waals surface area contributed by atoms with Gasteiger partial charge < -0.3 is 4.52 Å². The molecule has 0 saturated heterocycles. The maximum absolute atomic E-state index is 4.72.